The Kier molecular flexibility index (Phi) is 5.01. The second kappa shape index (κ2) is 6.05. The van der Waals surface area contributed by atoms with E-state index in [-0.39, 0.29) is 18.6 Å². The molecular formula is C10H21N3O2. The number of rotatable bonds is 4. The number of carbonyl (C=O) groups is 1. The summed E-state index contributed by atoms with van der Waals surface area (Å²) < 4.78 is 5.02. The van der Waals surface area contributed by atoms with E-state index in [9.17, 15) is 4.79 Å². The van der Waals surface area contributed by atoms with E-state index in [0.29, 0.717) is 0 Å². The minimum absolute atomic E-state index is 0.0354. The Bertz CT molecular complexity index is 201. The van der Waals surface area contributed by atoms with Gasteiger partial charge in [0.2, 0.25) is 0 Å². The predicted octanol–water partition coefficient (Wildman–Crippen LogP) is -0.310. The van der Waals surface area contributed by atoms with Crippen LogP contribution in [0.3, 0.4) is 0 Å². The zero-order valence-electron chi connectivity index (χ0n) is 9.82. The molecule has 15 heavy (non-hydrogen) atoms. The zero-order valence-corrected chi connectivity index (χ0v) is 9.82. The molecule has 5 nitrogen and oxygen atoms in total. The predicted molar refractivity (Wildman–Crippen MR) is 58.3 cm³/mol. The average Bonchev–Trinajstić information content (AvgIpc) is 2.16. The Morgan fingerprint density at radius 2 is 1.93 bits per heavy atom. The molecule has 1 rings (SSSR count). The van der Waals surface area contributed by atoms with Gasteiger partial charge in [0.1, 0.15) is 6.54 Å². The van der Waals surface area contributed by atoms with Crippen LogP contribution in [0.2, 0.25) is 0 Å². The molecule has 0 aliphatic carbocycles. The minimum Gasteiger partial charge on any atom is -0.462 e. The first-order chi connectivity index (χ1) is 7.08. The molecule has 0 bridgehead atoms. The van der Waals surface area contributed by atoms with Crippen molar-refractivity contribution < 1.29 is 9.53 Å². The van der Waals surface area contributed by atoms with Crippen LogP contribution in [0.5, 0.6) is 0 Å². The van der Waals surface area contributed by atoms with Crippen molar-refractivity contribution in [1.82, 2.24) is 15.3 Å². The van der Waals surface area contributed by atoms with Gasteiger partial charge in [-0.1, -0.05) is 0 Å². The Hall–Kier alpha value is -0.650. The molecule has 88 valence electrons. The molecule has 1 saturated heterocycles. The molecule has 0 aromatic heterocycles. The van der Waals surface area contributed by atoms with E-state index >= 15 is 0 Å². The van der Waals surface area contributed by atoms with Crippen molar-refractivity contribution in [1.29, 1.82) is 0 Å². The number of hydrogen-bond donors (Lipinski definition) is 1. The van der Waals surface area contributed by atoms with E-state index in [1.165, 1.54) is 0 Å². The number of esters is 1. The fraction of sp³-hybridized carbons (Fsp3) is 0.900. The van der Waals surface area contributed by atoms with E-state index in [1.54, 1.807) is 0 Å². The molecule has 1 N–H and O–H groups in total. The normalized spacial score (nSPS) is 19.5. The molecule has 0 radical (unpaired) electrons. The number of piperazine rings is 1. The zero-order chi connectivity index (χ0) is 11.3. The van der Waals surface area contributed by atoms with Crippen molar-refractivity contribution in [3.05, 3.63) is 0 Å². The Balaban J connectivity index is 2.12. The van der Waals surface area contributed by atoms with Crippen molar-refractivity contribution in [3.8, 4) is 0 Å². The third-order valence-electron chi connectivity index (χ3n) is 2.32. The Morgan fingerprint density at radius 3 is 2.47 bits per heavy atom. The monoisotopic (exact) mass is 215 g/mol. The van der Waals surface area contributed by atoms with Crippen LogP contribution >= 0.6 is 0 Å². The molecule has 1 aliphatic rings. The number of carbonyl (C=O) groups excluding carboxylic acids is 1. The van der Waals surface area contributed by atoms with Gasteiger partial charge >= 0.3 is 5.97 Å². The van der Waals surface area contributed by atoms with Crippen LogP contribution in [-0.2, 0) is 9.53 Å². The molecule has 1 heterocycles. The number of nitrogens with zero attached hydrogens (tertiary/aromatic N) is 2. The molecule has 1 aliphatic heterocycles. The number of hydrogen-bond acceptors (Lipinski definition) is 5. The highest BCUT2D eigenvalue weighted by molar-refractivity contribution is 5.71. The van der Waals surface area contributed by atoms with Gasteiger partial charge in [0.25, 0.3) is 0 Å². The third kappa shape index (κ3) is 5.11. The standard InChI is InChI=1S/C10H21N3O2/c1-9(2)15-10(14)8-11-13-6-4-12(3)5-7-13/h9,11H,4-8H2,1-3H3. The van der Waals surface area contributed by atoms with E-state index in [1.807, 2.05) is 13.8 Å². The van der Waals surface area contributed by atoms with E-state index in [2.05, 4.69) is 22.4 Å². The van der Waals surface area contributed by atoms with Crippen LogP contribution < -0.4 is 5.43 Å². The SMILES string of the molecule is CC(C)OC(=O)CNN1CCN(C)CC1. The second-order valence-corrected chi connectivity index (χ2v) is 4.16. The first-order valence-electron chi connectivity index (χ1n) is 5.44. The molecule has 1 fully saturated rings. The minimum atomic E-state index is -0.191. The summed E-state index contributed by atoms with van der Waals surface area (Å²) in [6.45, 7) is 7.94. The summed E-state index contributed by atoms with van der Waals surface area (Å²) in [6.07, 6.45) is -0.0354. The molecule has 5 heteroatoms. The molecule has 0 aromatic rings. The first-order valence-corrected chi connectivity index (χ1v) is 5.44. The number of nitrogens with one attached hydrogen (secondary N) is 1. The van der Waals surface area contributed by atoms with Crippen molar-refractivity contribution in [2.75, 3.05) is 39.8 Å². The fourth-order valence-electron chi connectivity index (χ4n) is 1.45. The largest absolute Gasteiger partial charge is 0.462 e. The summed E-state index contributed by atoms with van der Waals surface area (Å²) in [6, 6.07) is 0. The molecule has 0 amide bonds. The van der Waals surface area contributed by atoms with Gasteiger partial charge in [-0.3, -0.25) is 4.79 Å². The van der Waals surface area contributed by atoms with Crippen LogP contribution in [-0.4, -0.2) is 61.8 Å². The van der Waals surface area contributed by atoms with Gasteiger partial charge in [0.15, 0.2) is 0 Å². The summed E-state index contributed by atoms with van der Waals surface area (Å²) in [5.41, 5.74) is 3.08. The number of ether oxygens (including phenoxy) is 1. The maximum Gasteiger partial charge on any atom is 0.321 e. The van der Waals surface area contributed by atoms with Crippen LogP contribution in [0.1, 0.15) is 13.8 Å². The molecule has 0 spiro atoms. The fourth-order valence-corrected chi connectivity index (χ4v) is 1.45. The Morgan fingerprint density at radius 1 is 1.33 bits per heavy atom. The van der Waals surface area contributed by atoms with Gasteiger partial charge in [0.05, 0.1) is 6.10 Å². The summed E-state index contributed by atoms with van der Waals surface area (Å²) in [7, 11) is 2.10. The van der Waals surface area contributed by atoms with Gasteiger partial charge in [-0.25, -0.2) is 10.4 Å². The van der Waals surface area contributed by atoms with Crippen molar-refractivity contribution >= 4 is 5.97 Å². The van der Waals surface area contributed by atoms with Crippen LogP contribution in [0.4, 0.5) is 0 Å². The summed E-state index contributed by atoms with van der Waals surface area (Å²) in [4.78, 5) is 13.5. The van der Waals surface area contributed by atoms with Crippen LogP contribution in [0, 0.1) is 0 Å². The summed E-state index contributed by atoms with van der Waals surface area (Å²) >= 11 is 0. The lowest BCUT2D eigenvalue weighted by Crippen LogP contribution is -2.52. The highest BCUT2D eigenvalue weighted by atomic mass is 16.5. The van der Waals surface area contributed by atoms with Crippen LogP contribution in [0.15, 0.2) is 0 Å². The molecule has 0 saturated carbocycles. The van der Waals surface area contributed by atoms with Gasteiger partial charge in [-0.2, -0.15) is 0 Å². The van der Waals surface area contributed by atoms with Crippen LogP contribution in [0.25, 0.3) is 0 Å². The maximum absolute atomic E-state index is 11.2. The first kappa shape index (κ1) is 12.4. The lowest BCUT2D eigenvalue weighted by atomic mass is 10.4. The molecule has 0 aromatic carbocycles. The molecule has 0 atom stereocenters. The summed E-state index contributed by atoms with van der Waals surface area (Å²) in [5.74, 6) is -0.191. The maximum atomic E-state index is 11.2. The second-order valence-electron chi connectivity index (χ2n) is 4.16. The average molecular weight is 215 g/mol. The molecule has 0 unspecified atom stereocenters. The lowest BCUT2D eigenvalue weighted by molar-refractivity contribution is -0.147. The number of likely N-dealkylation sites (N-methyl/N-ethyl adjacent to an activating group) is 1. The van der Waals surface area contributed by atoms with E-state index < -0.39 is 0 Å². The molecular weight excluding hydrogens is 194 g/mol. The quantitative estimate of drug-likeness (QED) is 0.652. The summed E-state index contributed by atoms with van der Waals surface area (Å²) in [5, 5.41) is 2.07. The topological polar surface area (TPSA) is 44.8 Å². The highest BCUT2D eigenvalue weighted by Gasteiger charge is 2.14. The van der Waals surface area contributed by atoms with Gasteiger partial charge in [-0.15, -0.1) is 0 Å². The van der Waals surface area contributed by atoms with Crippen molar-refractivity contribution in [2.45, 2.75) is 20.0 Å². The van der Waals surface area contributed by atoms with Gasteiger partial charge < -0.3 is 9.64 Å². The highest BCUT2D eigenvalue weighted by Crippen LogP contribution is 1.95. The Labute approximate surface area is 91.3 Å². The van der Waals surface area contributed by atoms with Crippen molar-refractivity contribution in [2.24, 2.45) is 0 Å². The van der Waals surface area contributed by atoms with Gasteiger partial charge in [0, 0.05) is 26.2 Å². The lowest BCUT2D eigenvalue weighted by Gasteiger charge is -2.32. The van der Waals surface area contributed by atoms with Gasteiger partial charge in [-0.05, 0) is 20.9 Å². The third-order valence-corrected chi connectivity index (χ3v) is 2.32. The van der Waals surface area contributed by atoms with E-state index in [0.717, 1.165) is 26.2 Å². The smallest absolute Gasteiger partial charge is 0.321 e. The van der Waals surface area contributed by atoms with Crippen molar-refractivity contribution in [3.63, 3.8) is 0 Å². The van der Waals surface area contributed by atoms with E-state index in [4.69, 9.17) is 4.74 Å². The number of hydrazine groups is 1.